The fraction of sp³-hybridized carbons (Fsp3) is 0.273. The minimum absolute atomic E-state index is 0.856. The molecule has 0 N–H and O–H groups in total. The fourth-order valence-corrected chi connectivity index (χ4v) is 1.81. The molecule has 2 rings (SSSR count). The van der Waals surface area contributed by atoms with Crippen molar-refractivity contribution in [3.05, 3.63) is 47.8 Å². The van der Waals surface area contributed by atoms with Crippen LogP contribution in [0.2, 0.25) is 0 Å². The lowest BCUT2D eigenvalue weighted by atomic mass is 10.1. The summed E-state index contributed by atoms with van der Waals surface area (Å²) in [5.41, 5.74) is 2.30. The third-order valence-corrected chi connectivity index (χ3v) is 2.60. The summed E-state index contributed by atoms with van der Waals surface area (Å²) < 4.78 is 1.86. The molecule has 1 heterocycles. The highest BCUT2D eigenvalue weighted by Crippen LogP contribution is 2.07. The van der Waals surface area contributed by atoms with E-state index in [-0.39, 0.29) is 0 Å². The lowest BCUT2D eigenvalue weighted by Crippen LogP contribution is -1.93. The summed E-state index contributed by atoms with van der Waals surface area (Å²) in [5.74, 6) is 0.863. The van der Waals surface area contributed by atoms with Crippen LogP contribution < -0.4 is 0 Å². The molecule has 2 aromatic rings. The minimum Gasteiger partial charge on any atom is -0.242 e. The van der Waals surface area contributed by atoms with E-state index in [0.29, 0.717) is 0 Å². The van der Waals surface area contributed by atoms with Crippen molar-refractivity contribution in [3.63, 3.8) is 0 Å². The fourth-order valence-electron chi connectivity index (χ4n) is 1.42. The third kappa shape index (κ3) is 2.83. The molecule has 0 radical (unpaired) electrons. The zero-order valence-corrected chi connectivity index (χ0v) is 9.44. The SMILES string of the molecule is CSCn1cc(Cc2ccccc2)nn1. The summed E-state index contributed by atoms with van der Waals surface area (Å²) in [7, 11) is 0. The van der Waals surface area contributed by atoms with E-state index in [1.54, 1.807) is 11.8 Å². The number of thioether (sulfide) groups is 1. The topological polar surface area (TPSA) is 30.7 Å². The highest BCUT2D eigenvalue weighted by atomic mass is 32.2. The van der Waals surface area contributed by atoms with Gasteiger partial charge in [0.15, 0.2) is 0 Å². The number of hydrogen-bond donors (Lipinski definition) is 0. The van der Waals surface area contributed by atoms with E-state index in [4.69, 9.17) is 0 Å². The van der Waals surface area contributed by atoms with E-state index >= 15 is 0 Å². The Hall–Kier alpha value is -1.29. The second-order valence-electron chi connectivity index (χ2n) is 3.33. The molecule has 3 nitrogen and oxygen atoms in total. The number of nitrogens with zero attached hydrogens (tertiary/aromatic N) is 3. The molecule has 78 valence electrons. The third-order valence-electron chi connectivity index (χ3n) is 2.08. The predicted molar refractivity (Wildman–Crippen MR) is 62.8 cm³/mol. The molecule has 1 aromatic carbocycles. The van der Waals surface area contributed by atoms with Crippen molar-refractivity contribution < 1.29 is 0 Å². The Kier molecular flexibility index (Phi) is 3.40. The smallest absolute Gasteiger partial charge is 0.0878 e. The van der Waals surface area contributed by atoms with Gasteiger partial charge in [-0.15, -0.1) is 16.9 Å². The Bertz CT molecular complexity index is 411. The maximum absolute atomic E-state index is 4.13. The van der Waals surface area contributed by atoms with Crippen LogP contribution in [0, 0.1) is 0 Å². The van der Waals surface area contributed by atoms with E-state index < -0.39 is 0 Å². The molecule has 0 aliphatic carbocycles. The Balaban J connectivity index is 2.05. The van der Waals surface area contributed by atoms with Crippen LogP contribution in [0.5, 0.6) is 0 Å². The second-order valence-corrected chi connectivity index (χ2v) is 4.17. The van der Waals surface area contributed by atoms with Crippen molar-refractivity contribution in [3.8, 4) is 0 Å². The average molecular weight is 219 g/mol. The van der Waals surface area contributed by atoms with Gasteiger partial charge in [-0.25, -0.2) is 4.68 Å². The second kappa shape index (κ2) is 4.98. The van der Waals surface area contributed by atoms with Crippen LogP contribution in [-0.2, 0) is 12.3 Å². The van der Waals surface area contributed by atoms with Crippen LogP contribution in [-0.4, -0.2) is 21.2 Å². The highest BCUT2D eigenvalue weighted by Gasteiger charge is 2.00. The monoisotopic (exact) mass is 219 g/mol. The molecule has 4 heteroatoms. The first-order valence-electron chi connectivity index (χ1n) is 4.80. The molecule has 1 aromatic heterocycles. The van der Waals surface area contributed by atoms with E-state index in [1.165, 1.54) is 5.56 Å². The molecular weight excluding hydrogens is 206 g/mol. The normalized spacial score (nSPS) is 10.5. The number of rotatable bonds is 4. The van der Waals surface area contributed by atoms with Gasteiger partial charge in [0.2, 0.25) is 0 Å². The molecule has 0 amide bonds. The first kappa shape index (κ1) is 10.2. The van der Waals surface area contributed by atoms with Crippen LogP contribution in [0.1, 0.15) is 11.3 Å². The van der Waals surface area contributed by atoms with Gasteiger partial charge in [-0.05, 0) is 11.8 Å². The van der Waals surface area contributed by atoms with Gasteiger partial charge in [0.25, 0.3) is 0 Å². The van der Waals surface area contributed by atoms with Crippen molar-refractivity contribution >= 4 is 11.8 Å². The zero-order chi connectivity index (χ0) is 10.5. The molecular formula is C11H13N3S. The molecule has 0 aliphatic rings. The summed E-state index contributed by atoms with van der Waals surface area (Å²) >= 11 is 1.73. The van der Waals surface area contributed by atoms with Crippen LogP contribution in [0.4, 0.5) is 0 Å². The first-order valence-corrected chi connectivity index (χ1v) is 6.20. The van der Waals surface area contributed by atoms with Gasteiger partial charge in [0.1, 0.15) is 0 Å². The first-order chi connectivity index (χ1) is 7.38. The number of hydrogen-bond acceptors (Lipinski definition) is 3. The average Bonchev–Trinajstić information content (AvgIpc) is 2.68. The van der Waals surface area contributed by atoms with Gasteiger partial charge < -0.3 is 0 Å². The Morgan fingerprint density at radius 2 is 2.07 bits per heavy atom. The van der Waals surface area contributed by atoms with Crippen LogP contribution >= 0.6 is 11.8 Å². The highest BCUT2D eigenvalue weighted by molar-refractivity contribution is 7.97. The molecule has 0 unspecified atom stereocenters. The summed E-state index contributed by atoms with van der Waals surface area (Å²) in [5, 5.41) is 8.18. The van der Waals surface area contributed by atoms with Crippen molar-refractivity contribution in [2.45, 2.75) is 12.3 Å². The number of aromatic nitrogens is 3. The minimum atomic E-state index is 0.856. The van der Waals surface area contributed by atoms with Crippen LogP contribution in [0.15, 0.2) is 36.5 Å². The van der Waals surface area contributed by atoms with Gasteiger partial charge in [0.05, 0.1) is 11.6 Å². The maximum atomic E-state index is 4.13. The summed E-state index contributed by atoms with van der Waals surface area (Å²) in [6.07, 6.45) is 4.91. The van der Waals surface area contributed by atoms with Gasteiger partial charge in [-0.2, -0.15) is 0 Å². The van der Waals surface area contributed by atoms with E-state index in [9.17, 15) is 0 Å². The molecule has 0 bridgehead atoms. The lowest BCUT2D eigenvalue weighted by Gasteiger charge is -1.95. The predicted octanol–water partition coefficient (Wildman–Crippen LogP) is 2.19. The zero-order valence-electron chi connectivity index (χ0n) is 8.63. The van der Waals surface area contributed by atoms with Crippen molar-refractivity contribution in [1.82, 2.24) is 15.0 Å². The molecule has 0 saturated carbocycles. The number of benzene rings is 1. The summed E-state index contributed by atoms with van der Waals surface area (Å²) in [4.78, 5) is 0. The van der Waals surface area contributed by atoms with Crippen molar-refractivity contribution in [2.24, 2.45) is 0 Å². The molecule has 0 saturated heterocycles. The van der Waals surface area contributed by atoms with Gasteiger partial charge in [0, 0.05) is 12.6 Å². The van der Waals surface area contributed by atoms with Crippen molar-refractivity contribution in [2.75, 3.05) is 6.26 Å². The largest absolute Gasteiger partial charge is 0.242 e. The van der Waals surface area contributed by atoms with Crippen LogP contribution in [0.25, 0.3) is 0 Å². The van der Waals surface area contributed by atoms with E-state index in [2.05, 4.69) is 28.7 Å². The van der Waals surface area contributed by atoms with Gasteiger partial charge in [-0.3, -0.25) is 0 Å². The van der Waals surface area contributed by atoms with Crippen molar-refractivity contribution in [1.29, 1.82) is 0 Å². The van der Waals surface area contributed by atoms with Crippen LogP contribution in [0.3, 0.4) is 0 Å². The standard InChI is InChI=1S/C11H13N3S/c1-15-9-14-8-11(12-13-14)7-10-5-3-2-4-6-10/h2-6,8H,7,9H2,1H3. The Labute approximate surface area is 93.5 Å². The summed E-state index contributed by atoms with van der Waals surface area (Å²) in [6.45, 7) is 0. The molecule has 0 atom stereocenters. The maximum Gasteiger partial charge on any atom is 0.0878 e. The summed E-state index contributed by atoms with van der Waals surface area (Å²) in [6, 6.07) is 10.3. The molecule has 0 fully saturated rings. The Morgan fingerprint density at radius 3 is 2.80 bits per heavy atom. The lowest BCUT2D eigenvalue weighted by molar-refractivity contribution is 0.701. The molecule has 0 aliphatic heterocycles. The van der Waals surface area contributed by atoms with Gasteiger partial charge in [-0.1, -0.05) is 35.5 Å². The van der Waals surface area contributed by atoms with E-state index in [0.717, 1.165) is 18.0 Å². The van der Waals surface area contributed by atoms with Gasteiger partial charge >= 0.3 is 0 Å². The molecule has 0 spiro atoms. The van der Waals surface area contributed by atoms with E-state index in [1.807, 2.05) is 29.1 Å². The Morgan fingerprint density at radius 1 is 1.27 bits per heavy atom. The quantitative estimate of drug-likeness (QED) is 0.789. The molecule has 15 heavy (non-hydrogen) atoms.